The summed E-state index contributed by atoms with van der Waals surface area (Å²) >= 11 is 0. The zero-order valence-corrected chi connectivity index (χ0v) is 15.0. The number of ether oxygens (including phenoxy) is 2. The lowest BCUT2D eigenvalue weighted by molar-refractivity contribution is -0.128. The van der Waals surface area contributed by atoms with E-state index in [2.05, 4.69) is 10.9 Å². The summed E-state index contributed by atoms with van der Waals surface area (Å²) in [6.45, 7) is 4.34. The van der Waals surface area contributed by atoms with E-state index in [0.29, 0.717) is 30.1 Å². The quantitative estimate of drug-likeness (QED) is 0.713. The Kier molecular flexibility index (Phi) is 7.49. The maximum atomic E-state index is 12.4. The summed E-state index contributed by atoms with van der Waals surface area (Å²) in [7, 11) is 0. The minimum Gasteiger partial charge on any atom is -0.493 e. The van der Waals surface area contributed by atoms with Gasteiger partial charge in [-0.15, -0.1) is 0 Å². The van der Waals surface area contributed by atoms with Crippen molar-refractivity contribution in [3.05, 3.63) is 60.2 Å². The first-order valence-corrected chi connectivity index (χ1v) is 8.69. The second-order valence-electron chi connectivity index (χ2n) is 5.62. The Morgan fingerprint density at radius 1 is 0.962 bits per heavy atom. The summed E-state index contributed by atoms with van der Waals surface area (Å²) in [6, 6.07) is 16.0. The van der Waals surface area contributed by atoms with Crippen molar-refractivity contribution in [3.8, 4) is 11.5 Å². The Hall–Kier alpha value is -3.02. The molecule has 138 valence electrons. The Morgan fingerprint density at radius 3 is 2.35 bits per heavy atom. The second kappa shape index (κ2) is 10.1. The van der Waals surface area contributed by atoms with Gasteiger partial charge in [-0.3, -0.25) is 20.4 Å². The Balaban J connectivity index is 1.94. The number of carbonyl (C=O) groups excluding carboxylic acids is 2. The fourth-order valence-electron chi connectivity index (χ4n) is 2.24. The van der Waals surface area contributed by atoms with Gasteiger partial charge in [-0.2, -0.15) is 0 Å². The summed E-state index contributed by atoms with van der Waals surface area (Å²) in [5.41, 5.74) is 5.19. The Morgan fingerprint density at radius 2 is 1.65 bits per heavy atom. The zero-order valence-electron chi connectivity index (χ0n) is 15.0. The molecule has 1 atom stereocenters. The standard InChI is InChI=1S/C20H24N2O4/c1-3-14-25-18-13-9-8-12-16(18)19(23)21-22-20(24)17(4-2)26-15-10-6-5-7-11-15/h5-13,17H,3-4,14H2,1-2H3,(H,21,23)(H,22,24). The van der Waals surface area contributed by atoms with Gasteiger partial charge in [0.05, 0.1) is 12.2 Å². The van der Waals surface area contributed by atoms with E-state index in [0.717, 1.165) is 6.42 Å². The van der Waals surface area contributed by atoms with Crippen molar-refractivity contribution in [2.75, 3.05) is 6.61 Å². The lowest BCUT2D eigenvalue weighted by Crippen LogP contribution is -2.48. The van der Waals surface area contributed by atoms with Gasteiger partial charge in [0.2, 0.25) is 0 Å². The fraction of sp³-hybridized carbons (Fsp3) is 0.300. The summed E-state index contributed by atoms with van der Waals surface area (Å²) in [6.07, 6.45) is 0.596. The van der Waals surface area contributed by atoms with Crippen molar-refractivity contribution in [1.82, 2.24) is 10.9 Å². The van der Waals surface area contributed by atoms with Crippen LogP contribution in [0.1, 0.15) is 37.0 Å². The molecular formula is C20H24N2O4. The van der Waals surface area contributed by atoms with E-state index in [-0.39, 0.29) is 0 Å². The second-order valence-corrected chi connectivity index (χ2v) is 5.62. The Bertz CT molecular complexity index is 719. The molecule has 0 fully saturated rings. The molecule has 0 radical (unpaired) electrons. The monoisotopic (exact) mass is 356 g/mol. The van der Waals surface area contributed by atoms with Gasteiger partial charge in [-0.1, -0.05) is 44.2 Å². The summed E-state index contributed by atoms with van der Waals surface area (Å²) in [5.74, 6) is 0.212. The molecule has 0 bridgehead atoms. The molecule has 0 spiro atoms. The van der Waals surface area contributed by atoms with Crippen molar-refractivity contribution in [2.45, 2.75) is 32.8 Å². The predicted molar refractivity (Wildman–Crippen MR) is 99.0 cm³/mol. The molecule has 2 amide bonds. The first kappa shape index (κ1) is 19.3. The van der Waals surface area contributed by atoms with Gasteiger partial charge in [0.25, 0.3) is 11.8 Å². The highest BCUT2D eigenvalue weighted by Crippen LogP contribution is 2.18. The maximum Gasteiger partial charge on any atom is 0.279 e. The molecule has 0 aliphatic carbocycles. The van der Waals surface area contributed by atoms with Crippen LogP contribution in [0.25, 0.3) is 0 Å². The molecule has 0 heterocycles. The molecule has 0 saturated heterocycles. The fourth-order valence-corrected chi connectivity index (χ4v) is 2.24. The van der Waals surface area contributed by atoms with Crippen molar-refractivity contribution >= 4 is 11.8 Å². The zero-order chi connectivity index (χ0) is 18.8. The highest BCUT2D eigenvalue weighted by atomic mass is 16.5. The summed E-state index contributed by atoms with van der Waals surface area (Å²) in [4.78, 5) is 24.6. The molecule has 0 saturated carbocycles. The molecule has 2 aromatic carbocycles. The van der Waals surface area contributed by atoms with Gasteiger partial charge in [-0.25, -0.2) is 0 Å². The van der Waals surface area contributed by atoms with Crippen LogP contribution in [0.15, 0.2) is 54.6 Å². The number of hydrogen-bond acceptors (Lipinski definition) is 4. The average Bonchev–Trinajstić information content (AvgIpc) is 2.69. The third-order valence-corrected chi connectivity index (χ3v) is 3.58. The van der Waals surface area contributed by atoms with Crippen LogP contribution in [-0.4, -0.2) is 24.5 Å². The summed E-state index contributed by atoms with van der Waals surface area (Å²) < 4.78 is 11.2. The minimum atomic E-state index is -0.704. The van der Waals surface area contributed by atoms with Crippen LogP contribution >= 0.6 is 0 Å². The van der Waals surface area contributed by atoms with Gasteiger partial charge < -0.3 is 9.47 Å². The highest BCUT2D eigenvalue weighted by Gasteiger charge is 2.20. The molecule has 0 aliphatic rings. The number of hydrazine groups is 1. The van der Waals surface area contributed by atoms with E-state index >= 15 is 0 Å². The predicted octanol–water partition coefficient (Wildman–Crippen LogP) is 3.09. The Labute approximate surface area is 153 Å². The molecule has 2 aromatic rings. The van der Waals surface area contributed by atoms with Gasteiger partial charge in [0, 0.05) is 0 Å². The van der Waals surface area contributed by atoms with E-state index in [1.807, 2.05) is 32.0 Å². The highest BCUT2D eigenvalue weighted by molar-refractivity contribution is 5.98. The molecule has 2 N–H and O–H groups in total. The number of rotatable bonds is 8. The van der Waals surface area contributed by atoms with E-state index < -0.39 is 17.9 Å². The molecule has 6 heteroatoms. The normalized spacial score (nSPS) is 11.3. The van der Waals surface area contributed by atoms with Crippen molar-refractivity contribution in [1.29, 1.82) is 0 Å². The van der Waals surface area contributed by atoms with Gasteiger partial charge in [0.15, 0.2) is 6.10 Å². The molecule has 1 unspecified atom stereocenters. The van der Waals surface area contributed by atoms with Gasteiger partial charge >= 0.3 is 0 Å². The van der Waals surface area contributed by atoms with E-state index in [9.17, 15) is 9.59 Å². The minimum absolute atomic E-state index is 0.360. The van der Waals surface area contributed by atoms with Crippen LogP contribution < -0.4 is 20.3 Å². The van der Waals surface area contributed by atoms with Gasteiger partial charge in [-0.05, 0) is 37.1 Å². The van der Waals surface area contributed by atoms with Crippen LogP contribution in [0.5, 0.6) is 11.5 Å². The number of nitrogens with one attached hydrogen (secondary N) is 2. The van der Waals surface area contributed by atoms with Crippen molar-refractivity contribution in [2.24, 2.45) is 0 Å². The van der Waals surface area contributed by atoms with E-state index in [1.54, 1.807) is 36.4 Å². The lowest BCUT2D eigenvalue weighted by atomic mass is 10.2. The molecule has 2 rings (SSSR count). The van der Waals surface area contributed by atoms with Crippen LogP contribution in [-0.2, 0) is 4.79 Å². The van der Waals surface area contributed by atoms with E-state index in [4.69, 9.17) is 9.47 Å². The molecule has 0 aliphatic heterocycles. The molecule has 6 nitrogen and oxygen atoms in total. The van der Waals surface area contributed by atoms with Crippen molar-refractivity contribution in [3.63, 3.8) is 0 Å². The SMILES string of the molecule is CCCOc1ccccc1C(=O)NNC(=O)C(CC)Oc1ccccc1. The number of benzene rings is 2. The lowest BCUT2D eigenvalue weighted by Gasteiger charge is -2.18. The molecular weight excluding hydrogens is 332 g/mol. The molecule has 26 heavy (non-hydrogen) atoms. The smallest absolute Gasteiger partial charge is 0.279 e. The summed E-state index contributed by atoms with van der Waals surface area (Å²) in [5, 5.41) is 0. The van der Waals surface area contributed by atoms with Crippen LogP contribution in [0.3, 0.4) is 0 Å². The van der Waals surface area contributed by atoms with Gasteiger partial charge in [0.1, 0.15) is 11.5 Å². The maximum absolute atomic E-state index is 12.4. The number of para-hydroxylation sites is 2. The largest absolute Gasteiger partial charge is 0.493 e. The first-order valence-electron chi connectivity index (χ1n) is 8.69. The van der Waals surface area contributed by atoms with Crippen LogP contribution in [0.4, 0.5) is 0 Å². The average molecular weight is 356 g/mol. The first-order chi connectivity index (χ1) is 12.7. The number of carbonyl (C=O) groups is 2. The third kappa shape index (κ3) is 5.51. The van der Waals surface area contributed by atoms with Crippen LogP contribution in [0.2, 0.25) is 0 Å². The number of hydrogen-bond donors (Lipinski definition) is 2. The number of amides is 2. The topological polar surface area (TPSA) is 76.7 Å². The van der Waals surface area contributed by atoms with E-state index in [1.165, 1.54) is 0 Å². The van der Waals surface area contributed by atoms with Crippen LogP contribution in [0, 0.1) is 0 Å². The third-order valence-electron chi connectivity index (χ3n) is 3.58. The van der Waals surface area contributed by atoms with Crippen molar-refractivity contribution < 1.29 is 19.1 Å². The molecule has 0 aromatic heterocycles.